The van der Waals surface area contributed by atoms with Crippen LogP contribution in [0.4, 0.5) is 21.0 Å². The molecule has 13 rings (SSSR count). The highest BCUT2D eigenvalue weighted by Crippen LogP contribution is 2.58. The highest BCUT2D eigenvalue weighted by molar-refractivity contribution is 7.42. The lowest BCUT2D eigenvalue weighted by molar-refractivity contribution is 0.405. The standard InChI is InChI=1S/C30H44FO2P.C28H40FO2P.C22H28FO4P.C18H22FO2P.C14H14FO2P/c1-18-21-14-19(27(2,3)4)16-23(29(8,9)10)25(21)32-34(31)33-26-22(18)15-20(28(5,6)7)17-24(26)30(11,12)13;1-25(2,3)17-13-19-20-14-18(26(4,5)6)16-22(28(10,11)12)24(20)31-32(29)30-23(19)21(15-17)27(7,8)9;1-21(2,3)17-11-13(24-7)9-15-16-10-14(25-8)12-18(22(4,5)6)20(16)27-28(23)26-19(15)17;1-11-7-13(3)17(14(4)8-11)20-22(19)21-18-15(5)9-12(2)10-16(18)6;1-11-7-3-5-9-13(11)16-18(15)17-14-10-6-4-8-12(14)2/h14-18H,1-13H3;13-16H,1-12H3;9-12H,1-8H3;7-10H,1-6H3;3-10H,1-2H3. The minimum Gasteiger partial charge on any atom is -0.497 e. The molecule has 0 saturated carbocycles. The Balaban J connectivity index is 0.000000191. The van der Waals surface area contributed by atoms with E-state index in [0.717, 1.165) is 111 Å². The van der Waals surface area contributed by atoms with Crippen LogP contribution in [0.2, 0.25) is 0 Å². The van der Waals surface area contributed by atoms with Crippen molar-refractivity contribution in [2.24, 2.45) is 0 Å². The average Bonchev–Trinajstić information content (AvgIpc) is 1.67. The summed E-state index contributed by atoms with van der Waals surface area (Å²) in [6.07, 6.45) is 0. The van der Waals surface area contributed by atoms with Gasteiger partial charge >= 0.3 is 42.7 Å². The lowest BCUT2D eigenvalue weighted by Crippen LogP contribution is -2.22. The van der Waals surface area contributed by atoms with Gasteiger partial charge in [0.1, 0.15) is 68.3 Å². The van der Waals surface area contributed by atoms with Crippen molar-refractivity contribution in [2.75, 3.05) is 14.2 Å². The summed E-state index contributed by atoms with van der Waals surface area (Å²) in [4.78, 5) is 0. The van der Waals surface area contributed by atoms with Gasteiger partial charge < -0.3 is 53.4 Å². The fourth-order valence-electron chi connectivity index (χ4n) is 16.0. The van der Waals surface area contributed by atoms with Crippen LogP contribution in [0.5, 0.6) is 46.0 Å². The Morgan fingerprint density at radius 2 is 0.537 bits per heavy atom. The SMILES string of the molecule is CC(C)(C)c1cc(C(C)(C)C)c2op(F)oc3c(C(C)(C)C)cc(C(C)(C)C)cc3c2c1.CC1c2cc(C(C)(C)C)cc(C(C)(C)C)c2OP(F)Oc2c1cc(C(C)(C)C)cc2C(C)(C)C.COc1cc(C(C)(C)C)c2op(F)oc3c(C(C)(C)C)cc(OC)cc3c2c1.Cc1cc(C)c(OP(F)Oc2c(C)cc(C)cc2C)c(C)c1.Cc1ccccc1OP(F)Oc1ccccc1C. The van der Waals surface area contributed by atoms with Gasteiger partial charge in [-0.25, -0.2) is 0 Å². The third kappa shape index (κ3) is 27.0. The van der Waals surface area contributed by atoms with Crippen LogP contribution in [0, 0.1) is 55.4 Å². The Morgan fingerprint density at radius 1 is 0.291 bits per heavy atom. The number of rotatable bonds is 10. The quantitative estimate of drug-likeness (QED) is 0.0955. The largest absolute Gasteiger partial charge is 0.505 e. The molecule has 0 fully saturated rings. The van der Waals surface area contributed by atoms with Gasteiger partial charge in [-0.05, 0) is 214 Å². The van der Waals surface area contributed by atoms with E-state index < -0.39 is 42.7 Å². The smallest absolute Gasteiger partial charge is 0.497 e. The van der Waals surface area contributed by atoms with Gasteiger partial charge in [-0.1, -0.05) is 323 Å². The molecule has 22 heteroatoms. The van der Waals surface area contributed by atoms with Crippen LogP contribution in [0.1, 0.15) is 332 Å². The second-order valence-corrected chi connectivity index (χ2v) is 49.9. The molecule has 0 spiro atoms. The van der Waals surface area contributed by atoms with Crippen LogP contribution >= 0.6 is 42.7 Å². The van der Waals surface area contributed by atoms with Crippen LogP contribution in [0.15, 0.2) is 162 Å². The maximum absolute atomic E-state index is 15.5. The monoisotopic (exact) mass is 1930 g/mol. The number of fused-ring (bicyclic) bond motifs is 8. The van der Waals surface area contributed by atoms with Crippen molar-refractivity contribution >= 4 is 86.6 Å². The summed E-state index contributed by atoms with van der Waals surface area (Å²) in [5.74, 6) is 4.81. The lowest BCUT2D eigenvalue weighted by Gasteiger charge is -2.35. The number of aryl methyl sites for hydroxylation is 8. The number of para-hydroxylation sites is 2. The molecule has 0 N–H and O–H groups in total. The topological polar surface area (TPSA) is 126 Å². The number of benzene rings is 10. The first-order chi connectivity index (χ1) is 61.4. The zero-order valence-electron chi connectivity index (χ0n) is 87.5. The summed E-state index contributed by atoms with van der Waals surface area (Å²) in [7, 11) is -9.59. The molecule has 0 saturated heterocycles. The van der Waals surface area contributed by atoms with E-state index in [4.69, 9.17) is 53.4 Å². The summed E-state index contributed by atoms with van der Waals surface area (Å²) in [5.41, 5.74) is 21.2. The van der Waals surface area contributed by atoms with E-state index in [1.165, 1.54) is 22.3 Å². The summed E-state index contributed by atoms with van der Waals surface area (Å²) >= 11 is 0. The molecule has 0 atom stereocenters. The maximum atomic E-state index is 15.5. The number of methoxy groups -OCH3 is 2. The predicted molar refractivity (Wildman–Crippen MR) is 558 cm³/mol. The van der Waals surface area contributed by atoms with Gasteiger partial charge in [0.25, 0.3) is 0 Å². The van der Waals surface area contributed by atoms with E-state index in [2.05, 4.69) is 263 Å². The Labute approximate surface area is 803 Å². The second-order valence-electron chi connectivity index (χ2n) is 46.0. The molecule has 0 bridgehead atoms. The van der Waals surface area contributed by atoms with Crippen LogP contribution in [0.25, 0.3) is 43.9 Å². The molecule has 0 amide bonds. The zero-order valence-corrected chi connectivity index (χ0v) is 91.9. The first-order valence-electron chi connectivity index (χ1n) is 46.0. The van der Waals surface area contributed by atoms with E-state index >= 15 is 8.39 Å². The minimum atomic E-state index is -2.63. The fourth-order valence-corrected chi connectivity index (χ4v) is 19.9. The molecule has 728 valence electrons. The van der Waals surface area contributed by atoms with Gasteiger partial charge in [0.15, 0.2) is 0 Å². The molecule has 1 aliphatic rings. The molecule has 1 aliphatic heterocycles. The van der Waals surface area contributed by atoms with Gasteiger partial charge in [-0.15, -0.1) is 21.0 Å². The van der Waals surface area contributed by atoms with Gasteiger partial charge in [-0.2, -0.15) is 0 Å². The molecule has 10 aromatic carbocycles. The Morgan fingerprint density at radius 3 is 0.799 bits per heavy atom. The van der Waals surface area contributed by atoms with Crippen molar-refractivity contribution in [1.29, 1.82) is 0 Å². The normalized spacial score (nSPS) is 14.0. The highest BCUT2D eigenvalue weighted by atomic mass is 31.2. The molecule has 0 unspecified atom stereocenters. The first kappa shape index (κ1) is 109. The van der Waals surface area contributed by atoms with E-state index in [-0.39, 0.29) is 60.1 Å². The minimum absolute atomic E-state index is 0.0134. The van der Waals surface area contributed by atoms with Crippen molar-refractivity contribution in [2.45, 2.75) is 330 Å². The molecule has 12 aromatic rings. The molecule has 2 aromatic heterocycles. The van der Waals surface area contributed by atoms with Crippen LogP contribution in [-0.2, 0) is 54.1 Å². The van der Waals surface area contributed by atoms with Gasteiger partial charge in [0, 0.05) is 72.0 Å². The molecule has 134 heavy (non-hydrogen) atoms. The third-order valence-corrected chi connectivity index (χ3v) is 27.2. The highest BCUT2D eigenvalue weighted by Gasteiger charge is 2.39. The van der Waals surface area contributed by atoms with Crippen LogP contribution < -0.4 is 36.6 Å². The van der Waals surface area contributed by atoms with Crippen LogP contribution in [0.3, 0.4) is 0 Å². The lowest BCUT2D eigenvalue weighted by atomic mass is 9.74. The molecular formula is C112H148F5O12P5. The molecule has 0 aliphatic carbocycles. The summed E-state index contributed by atoms with van der Waals surface area (Å²) in [6, 6.07) is 47.6. The average molecular weight is 1940 g/mol. The Bertz CT molecular complexity index is 5900. The van der Waals surface area contributed by atoms with E-state index in [9.17, 15) is 12.6 Å². The van der Waals surface area contributed by atoms with Crippen LogP contribution in [-0.4, -0.2) is 14.2 Å². The zero-order chi connectivity index (χ0) is 101. The second kappa shape index (κ2) is 41.6. The van der Waals surface area contributed by atoms with Crippen molar-refractivity contribution in [3.05, 3.63) is 257 Å². The molecule has 3 heterocycles. The molecule has 12 nitrogen and oxygen atoms in total. The van der Waals surface area contributed by atoms with Gasteiger partial charge in [0.05, 0.1) is 14.2 Å². The van der Waals surface area contributed by atoms with E-state index in [1.54, 1.807) is 38.5 Å². The molecular weight excluding hydrogens is 1790 g/mol. The number of ether oxygens (including phenoxy) is 2. The number of halogens is 5. The van der Waals surface area contributed by atoms with Gasteiger partial charge in [0.2, 0.25) is 0 Å². The fraction of sp³-hybridized carbons (Fsp3) is 0.464. The van der Waals surface area contributed by atoms with Crippen molar-refractivity contribution in [3.8, 4) is 46.0 Å². The number of hydrogen-bond acceptors (Lipinski definition) is 12. The Hall–Kier alpha value is -8.66. The van der Waals surface area contributed by atoms with E-state index in [1.807, 2.05) is 128 Å². The van der Waals surface area contributed by atoms with Crippen molar-refractivity contribution < 1.29 is 74.4 Å². The summed E-state index contributed by atoms with van der Waals surface area (Å²) in [5, 5.41) is 3.34. The van der Waals surface area contributed by atoms with Crippen molar-refractivity contribution in [3.63, 3.8) is 0 Å². The molecule has 0 radical (unpaired) electrons. The summed E-state index contributed by atoms with van der Waals surface area (Å²) < 4.78 is 141. The van der Waals surface area contributed by atoms with Gasteiger partial charge in [-0.3, -0.25) is 0 Å². The van der Waals surface area contributed by atoms with Crippen molar-refractivity contribution in [1.82, 2.24) is 0 Å². The summed E-state index contributed by atoms with van der Waals surface area (Å²) in [6.45, 7) is 82.5. The number of hydrogen-bond donors (Lipinski definition) is 0. The third-order valence-electron chi connectivity index (χ3n) is 23.9. The maximum Gasteiger partial charge on any atom is 0.505 e. The van der Waals surface area contributed by atoms with E-state index in [0.29, 0.717) is 68.3 Å². The predicted octanol–water partition coefficient (Wildman–Crippen LogP) is 39.0. The first-order valence-corrected chi connectivity index (χ1v) is 51.3. The Kier molecular flexibility index (Phi) is 33.8.